The van der Waals surface area contributed by atoms with E-state index in [0.717, 1.165) is 22.5 Å². The monoisotopic (exact) mass is 306 g/mol. The molecule has 21 heavy (non-hydrogen) atoms. The Morgan fingerprint density at radius 3 is 2.57 bits per heavy atom. The molecule has 0 atom stereocenters. The van der Waals surface area contributed by atoms with Gasteiger partial charge >= 0.3 is 0 Å². The first-order chi connectivity index (χ1) is 9.90. The summed E-state index contributed by atoms with van der Waals surface area (Å²) in [6, 6.07) is 5.51. The molecule has 0 saturated heterocycles. The number of rotatable bonds is 4. The summed E-state index contributed by atoms with van der Waals surface area (Å²) in [5.41, 5.74) is 4.59. The number of aromatic amines is 1. The van der Waals surface area contributed by atoms with E-state index >= 15 is 0 Å². The predicted molar refractivity (Wildman–Crippen MR) is 85.3 cm³/mol. The molecule has 1 amide bonds. The lowest BCUT2D eigenvalue weighted by molar-refractivity contribution is -0.115. The average Bonchev–Trinajstić information content (AvgIpc) is 2.71. The Labute approximate surface area is 129 Å². The summed E-state index contributed by atoms with van der Waals surface area (Å²) in [7, 11) is 1.55. The fraction of sp³-hybridized carbons (Fsp3) is 0.312. The third kappa shape index (κ3) is 3.58. The van der Waals surface area contributed by atoms with Gasteiger partial charge in [0.25, 0.3) is 0 Å². The number of halogens is 1. The van der Waals surface area contributed by atoms with Gasteiger partial charge in [-0.25, -0.2) is 0 Å². The zero-order valence-corrected chi connectivity index (χ0v) is 13.4. The van der Waals surface area contributed by atoms with Gasteiger partial charge in [0.05, 0.1) is 19.2 Å². The van der Waals surface area contributed by atoms with Crippen LogP contribution < -0.4 is 10.1 Å². The van der Waals surface area contributed by atoms with Gasteiger partial charge in [0, 0.05) is 22.5 Å². The lowest BCUT2D eigenvalue weighted by Gasteiger charge is -2.12. The van der Waals surface area contributed by atoms with E-state index in [9.17, 15) is 4.79 Å². The number of carbonyl (C=O) groups is 1. The van der Waals surface area contributed by atoms with Crippen molar-refractivity contribution in [3.8, 4) is 5.75 Å². The minimum atomic E-state index is -0.0860. The van der Waals surface area contributed by atoms with Gasteiger partial charge in [0.15, 0.2) is 0 Å². The molecule has 2 rings (SSSR count). The summed E-state index contributed by atoms with van der Waals surface area (Å²) < 4.78 is 5.25. The van der Waals surface area contributed by atoms with Gasteiger partial charge in [0.1, 0.15) is 5.75 Å². The maximum absolute atomic E-state index is 12.2. The molecule has 1 aromatic heterocycles. The number of methoxy groups -OCH3 is 1. The molecule has 0 bridgehead atoms. The van der Waals surface area contributed by atoms with Crippen molar-refractivity contribution in [3.05, 3.63) is 45.7 Å². The van der Waals surface area contributed by atoms with E-state index in [-0.39, 0.29) is 5.91 Å². The Balaban J connectivity index is 2.16. The maximum atomic E-state index is 12.2. The smallest absolute Gasteiger partial charge is 0.228 e. The number of amides is 1. The van der Waals surface area contributed by atoms with Crippen molar-refractivity contribution in [2.24, 2.45) is 0 Å². The second kappa shape index (κ2) is 6.22. The summed E-state index contributed by atoms with van der Waals surface area (Å²) in [6.07, 6.45) is 0.320. The molecule has 0 aliphatic carbocycles. The number of benzene rings is 1. The van der Waals surface area contributed by atoms with Crippen molar-refractivity contribution >= 4 is 23.2 Å². The minimum absolute atomic E-state index is 0.0860. The van der Waals surface area contributed by atoms with Crippen molar-refractivity contribution in [2.45, 2.75) is 27.2 Å². The third-order valence-corrected chi connectivity index (χ3v) is 3.77. The van der Waals surface area contributed by atoms with Gasteiger partial charge in [-0.05, 0) is 44.0 Å². The van der Waals surface area contributed by atoms with E-state index < -0.39 is 0 Å². The highest BCUT2D eigenvalue weighted by molar-refractivity contribution is 6.31. The quantitative estimate of drug-likeness (QED) is 0.903. The van der Waals surface area contributed by atoms with Crippen LogP contribution in [0.15, 0.2) is 18.2 Å². The number of hydrogen-bond donors (Lipinski definition) is 2. The van der Waals surface area contributed by atoms with E-state index in [1.54, 1.807) is 13.2 Å². The van der Waals surface area contributed by atoms with E-state index in [0.29, 0.717) is 22.9 Å². The van der Waals surface area contributed by atoms with E-state index in [4.69, 9.17) is 16.3 Å². The van der Waals surface area contributed by atoms with Crippen LogP contribution >= 0.6 is 11.6 Å². The molecule has 0 spiro atoms. The molecule has 5 heteroatoms. The van der Waals surface area contributed by atoms with Crippen molar-refractivity contribution in [1.82, 2.24) is 4.98 Å². The lowest BCUT2D eigenvalue weighted by Crippen LogP contribution is -2.15. The van der Waals surface area contributed by atoms with Gasteiger partial charge in [-0.3, -0.25) is 4.79 Å². The zero-order chi connectivity index (χ0) is 15.6. The molecule has 0 unspecified atom stereocenters. The molecule has 112 valence electrons. The first-order valence-electron chi connectivity index (χ1n) is 6.69. The lowest BCUT2D eigenvalue weighted by atomic mass is 10.1. The SMILES string of the molecule is COc1cc(Cl)c(C)cc1NC(=O)Cc1cc(C)[nH]c1C. The summed E-state index contributed by atoms with van der Waals surface area (Å²) in [6.45, 7) is 5.82. The number of hydrogen-bond acceptors (Lipinski definition) is 2. The first-order valence-corrected chi connectivity index (χ1v) is 7.07. The summed E-state index contributed by atoms with van der Waals surface area (Å²) in [5.74, 6) is 0.470. The van der Waals surface area contributed by atoms with Crippen LogP contribution in [0.2, 0.25) is 5.02 Å². The number of carbonyl (C=O) groups excluding carboxylic acids is 1. The van der Waals surface area contributed by atoms with Crippen LogP contribution in [0.1, 0.15) is 22.5 Å². The maximum Gasteiger partial charge on any atom is 0.228 e. The molecule has 0 radical (unpaired) electrons. The van der Waals surface area contributed by atoms with Crippen LogP contribution in [0.25, 0.3) is 0 Å². The molecule has 2 aromatic rings. The number of aryl methyl sites for hydroxylation is 3. The van der Waals surface area contributed by atoms with Gasteiger partial charge in [-0.1, -0.05) is 11.6 Å². The highest BCUT2D eigenvalue weighted by Gasteiger charge is 2.12. The second-order valence-electron chi connectivity index (χ2n) is 5.13. The van der Waals surface area contributed by atoms with Crippen LogP contribution in [-0.2, 0) is 11.2 Å². The number of nitrogens with one attached hydrogen (secondary N) is 2. The van der Waals surface area contributed by atoms with Gasteiger partial charge in [-0.2, -0.15) is 0 Å². The number of aromatic nitrogens is 1. The zero-order valence-electron chi connectivity index (χ0n) is 12.6. The Morgan fingerprint density at radius 2 is 2.00 bits per heavy atom. The molecule has 4 nitrogen and oxygen atoms in total. The highest BCUT2D eigenvalue weighted by atomic mass is 35.5. The molecule has 0 aliphatic heterocycles. The van der Waals surface area contributed by atoms with Crippen molar-refractivity contribution < 1.29 is 9.53 Å². The fourth-order valence-corrected chi connectivity index (χ4v) is 2.42. The summed E-state index contributed by atoms with van der Waals surface area (Å²) in [4.78, 5) is 15.4. The first kappa shape index (κ1) is 15.4. The number of anilines is 1. The van der Waals surface area contributed by atoms with Crippen LogP contribution in [-0.4, -0.2) is 18.0 Å². The van der Waals surface area contributed by atoms with E-state index in [1.807, 2.05) is 32.9 Å². The van der Waals surface area contributed by atoms with E-state index in [2.05, 4.69) is 10.3 Å². The van der Waals surface area contributed by atoms with Gasteiger partial charge < -0.3 is 15.0 Å². The standard InChI is InChI=1S/C16H19ClN2O2/c1-9-5-14(15(21-4)8-13(9)17)19-16(20)7-12-6-10(2)18-11(12)3/h5-6,8,18H,7H2,1-4H3,(H,19,20). The topological polar surface area (TPSA) is 54.1 Å². The normalized spacial score (nSPS) is 10.5. The van der Waals surface area contributed by atoms with Gasteiger partial charge in [-0.15, -0.1) is 0 Å². The molecular weight excluding hydrogens is 288 g/mol. The predicted octanol–water partition coefficient (Wildman–Crippen LogP) is 3.78. The Kier molecular flexibility index (Phi) is 4.58. The molecule has 2 N–H and O–H groups in total. The molecular formula is C16H19ClN2O2. The minimum Gasteiger partial charge on any atom is -0.495 e. The molecule has 0 saturated carbocycles. The van der Waals surface area contributed by atoms with Crippen molar-refractivity contribution in [2.75, 3.05) is 12.4 Å². The molecule has 1 aromatic carbocycles. The largest absolute Gasteiger partial charge is 0.495 e. The Morgan fingerprint density at radius 1 is 1.29 bits per heavy atom. The number of H-pyrrole nitrogens is 1. The third-order valence-electron chi connectivity index (χ3n) is 3.36. The van der Waals surface area contributed by atoms with Crippen LogP contribution in [0.4, 0.5) is 5.69 Å². The average molecular weight is 307 g/mol. The van der Waals surface area contributed by atoms with E-state index in [1.165, 1.54) is 0 Å². The summed E-state index contributed by atoms with van der Waals surface area (Å²) in [5, 5.41) is 3.49. The number of ether oxygens (including phenoxy) is 1. The Hall–Kier alpha value is -1.94. The molecule has 1 heterocycles. The molecule has 0 aliphatic rings. The van der Waals surface area contributed by atoms with Crippen LogP contribution in [0, 0.1) is 20.8 Å². The second-order valence-corrected chi connectivity index (χ2v) is 5.54. The molecule has 0 fully saturated rings. The van der Waals surface area contributed by atoms with Crippen molar-refractivity contribution in [3.63, 3.8) is 0 Å². The Bertz CT molecular complexity index is 677. The highest BCUT2D eigenvalue weighted by Crippen LogP contribution is 2.31. The van der Waals surface area contributed by atoms with Crippen LogP contribution in [0.3, 0.4) is 0 Å². The summed E-state index contributed by atoms with van der Waals surface area (Å²) >= 11 is 6.06. The fourth-order valence-electron chi connectivity index (χ4n) is 2.26. The van der Waals surface area contributed by atoms with Crippen LogP contribution in [0.5, 0.6) is 5.75 Å². The van der Waals surface area contributed by atoms with Gasteiger partial charge in [0.2, 0.25) is 5.91 Å². The van der Waals surface area contributed by atoms with Crippen molar-refractivity contribution in [1.29, 1.82) is 0 Å².